The molecule has 0 bridgehead atoms. The Kier molecular flexibility index (Phi) is 4.88. The van der Waals surface area contributed by atoms with Gasteiger partial charge in [-0.1, -0.05) is 18.2 Å². The van der Waals surface area contributed by atoms with Gasteiger partial charge in [-0.3, -0.25) is 0 Å². The summed E-state index contributed by atoms with van der Waals surface area (Å²) in [6, 6.07) is 5.27. The molecular formula is C22H19F4N3O2. The number of phenolic OH excluding ortho intramolecular Hbond substituents is 1. The van der Waals surface area contributed by atoms with Crippen molar-refractivity contribution in [2.75, 3.05) is 5.32 Å². The number of hydrogen-bond acceptors (Lipinski definition) is 5. The van der Waals surface area contributed by atoms with Crippen molar-refractivity contribution in [2.24, 2.45) is 0 Å². The van der Waals surface area contributed by atoms with Crippen molar-refractivity contribution in [1.29, 1.82) is 0 Å². The second kappa shape index (κ2) is 7.19. The number of aliphatic hydroxyl groups is 1. The van der Waals surface area contributed by atoms with E-state index in [1.54, 1.807) is 25.1 Å². The maximum absolute atomic E-state index is 14.8. The zero-order valence-electron chi connectivity index (χ0n) is 16.6. The molecule has 5 nitrogen and oxygen atoms in total. The largest absolute Gasteiger partial charge is 0.505 e. The van der Waals surface area contributed by atoms with Crippen molar-refractivity contribution in [1.82, 2.24) is 9.97 Å². The minimum atomic E-state index is -5.03. The molecular weight excluding hydrogens is 414 g/mol. The highest BCUT2D eigenvalue weighted by molar-refractivity contribution is 5.91. The van der Waals surface area contributed by atoms with E-state index in [4.69, 9.17) is 0 Å². The standard InChI is InChI=1S/C22H19F4N3O2/c1-3-12-9-21(31,22(24,25)26)20(13-7-8-17(30)19(23)18(12)13)29-16-6-4-5-15-14(16)10-27-11(2)28-15/h3-8,10,20,29-31H,9H2,1-2H3/b12-3-/t20-,21+/m0/s1. The Morgan fingerprint density at radius 1 is 1.23 bits per heavy atom. The summed E-state index contributed by atoms with van der Waals surface area (Å²) in [6.45, 7) is 3.14. The molecule has 0 aliphatic heterocycles. The molecule has 3 aromatic rings. The van der Waals surface area contributed by atoms with Crippen molar-refractivity contribution in [2.45, 2.75) is 38.1 Å². The van der Waals surface area contributed by atoms with Gasteiger partial charge in [0.15, 0.2) is 17.2 Å². The van der Waals surface area contributed by atoms with Crippen LogP contribution in [0.2, 0.25) is 0 Å². The number of alkyl halides is 3. The molecule has 3 N–H and O–H groups in total. The van der Waals surface area contributed by atoms with E-state index in [0.29, 0.717) is 16.7 Å². The third-order valence-corrected chi connectivity index (χ3v) is 5.61. The molecule has 4 rings (SSSR count). The summed E-state index contributed by atoms with van der Waals surface area (Å²) in [5.74, 6) is -1.21. The maximum atomic E-state index is 14.8. The molecule has 31 heavy (non-hydrogen) atoms. The molecule has 0 spiro atoms. The van der Waals surface area contributed by atoms with Crippen molar-refractivity contribution in [3.05, 3.63) is 65.4 Å². The molecule has 0 unspecified atom stereocenters. The minimum Gasteiger partial charge on any atom is -0.505 e. The second-order valence-electron chi connectivity index (χ2n) is 7.51. The monoisotopic (exact) mass is 433 g/mol. The van der Waals surface area contributed by atoms with Crippen LogP contribution in [0.3, 0.4) is 0 Å². The van der Waals surface area contributed by atoms with Crippen LogP contribution in [-0.2, 0) is 0 Å². The van der Waals surface area contributed by atoms with Crippen LogP contribution >= 0.6 is 0 Å². The first-order valence-electron chi connectivity index (χ1n) is 9.51. The predicted molar refractivity (Wildman–Crippen MR) is 108 cm³/mol. The van der Waals surface area contributed by atoms with Gasteiger partial charge in [0.05, 0.1) is 11.6 Å². The van der Waals surface area contributed by atoms with Gasteiger partial charge >= 0.3 is 6.18 Å². The molecule has 0 saturated carbocycles. The first kappa shape index (κ1) is 21.0. The molecule has 1 heterocycles. The van der Waals surface area contributed by atoms with Gasteiger partial charge in [0.2, 0.25) is 0 Å². The van der Waals surface area contributed by atoms with E-state index in [-0.39, 0.29) is 22.4 Å². The Balaban J connectivity index is 1.95. The van der Waals surface area contributed by atoms with Crippen LogP contribution in [0.4, 0.5) is 23.2 Å². The number of phenols is 1. The van der Waals surface area contributed by atoms with E-state index >= 15 is 0 Å². The molecule has 1 aliphatic carbocycles. The summed E-state index contributed by atoms with van der Waals surface area (Å²) >= 11 is 0. The van der Waals surface area contributed by atoms with E-state index in [1.165, 1.54) is 25.3 Å². The number of aryl methyl sites for hydroxylation is 1. The summed E-state index contributed by atoms with van der Waals surface area (Å²) in [4.78, 5) is 8.38. The average Bonchev–Trinajstić information content (AvgIpc) is 2.71. The maximum Gasteiger partial charge on any atom is 0.419 e. The summed E-state index contributed by atoms with van der Waals surface area (Å²) in [7, 11) is 0. The van der Waals surface area contributed by atoms with Gasteiger partial charge in [-0.15, -0.1) is 0 Å². The summed E-state index contributed by atoms with van der Waals surface area (Å²) in [5.41, 5.74) is -2.76. The number of anilines is 1. The lowest BCUT2D eigenvalue weighted by atomic mass is 9.72. The Hall–Kier alpha value is -3.20. The molecule has 162 valence electrons. The molecule has 2 atom stereocenters. The van der Waals surface area contributed by atoms with Crippen LogP contribution in [0.15, 0.2) is 42.6 Å². The molecule has 1 aliphatic rings. The number of hydrogen-bond donors (Lipinski definition) is 3. The first-order valence-corrected chi connectivity index (χ1v) is 9.51. The topological polar surface area (TPSA) is 78.3 Å². The van der Waals surface area contributed by atoms with Crippen molar-refractivity contribution < 1.29 is 27.8 Å². The number of fused-ring (bicyclic) bond motifs is 2. The minimum absolute atomic E-state index is 0.0434. The van der Waals surface area contributed by atoms with Gasteiger partial charge in [0.1, 0.15) is 5.82 Å². The van der Waals surface area contributed by atoms with E-state index in [2.05, 4.69) is 15.3 Å². The normalized spacial score (nSPS) is 22.5. The van der Waals surface area contributed by atoms with Gasteiger partial charge in [-0.25, -0.2) is 14.4 Å². The average molecular weight is 433 g/mol. The second-order valence-corrected chi connectivity index (χ2v) is 7.51. The quantitative estimate of drug-likeness (QED) is 0.494. The number of allylic oxidation sites excluding steroid dienone is 1. The SMILES string of the molecule is C/C=C1/C[C@](O)(C(F)(F)F)[C@@H](Nc2cccc3nc(C)ncc23)c2ccc(O)c(F)c21. The fourth-order valence-electron chi connectivity index (χ4n) is 4.02. The number of aromatic hydroxyl groups is 1. The Labute approximate surface area is 175 Å². The van der Waals surface area contributed by atoms with E-state index in [0.717, 1.165) is 6.07 Å². The van der Waals surface area contributed by atoms with Gasteiger partial charge in [0, 0.05) is 29.3 Å². The molecule has 0 radical (unpaired) electrons. The van der Waals surface area contributed by atoms with Crippen LogP contribution in [0, 0.1) is 12.7 Å². The van der Waals surface area contributed by atoms with Crippen LogP contribution in [0.5, 0.6) is 5.75 Å². The summed E-state index contributed by atoms with van der Waals surface area (Å²) in [6.07, 6.45) is -3.12. The van der Waals surface area contributed by atoms with Crippen LogP contribution in [0.25, 0.3) is 16.5 Å². The van der Waals surface area contributed by atoms with Crippen LogP contribution in [0.1, 0.15) is 36.3 Å². The molecule has 0 saturated heterocycles. The molecule has 0 fully saturated rings. The van der Waals surface area contributed by atoms with Gasteiger partial charge in [-0.05, 0) is 43.2 Å². The molecule has 1 aromatic heterocycles. The lowest BCUT2D eigenvalue weighted by Crippen LogP contribution is -2.54. The number of halogens is 4. The van der Waals surface area contributed by atoms with Crippen molar-refractivity contribution >= 4 is 22.2 Å². The third kappa shape index (κ3) is 3.29. The number of aromatic nitrogens is 2. The van der Waals surface area contributed by atoms with E-state index in [9.17, 15) is 27.8 Å². The highest BCUT2D eigenvalue weighted by Gasteiger charge is 2.61. The van der Waals surface area contributed by atoms with E-state index in [1.807, 2.05) is 0 Å². The zero-order valence-corrected chi connectivity index (χ0v) is 16.6. The highest BCUT2D eigenvalue weighted by atomic mass is 19.4. The Morgan fingerprint density at radius 2 is 1.97 bits per heavy atom. The molecule has 0 amide bonds. The number of nitrogens with one attached hydrogen (secondary N) is 1. The molecule has 2 aromatic carbocycles. The zero-order chi connectivity index (χ0) is 22.6. The predicted octanol–water partition coefficient (Wildman–Crippen LogP) is 5.04. The number of nitrogens with zero attached hydrogens (tertiary/aromatic N) is 2. The third-order valence-electron chi connectivity index (χ3n) is 5.61. The lowest BCUT2D eigenvalue weighted by molar-refractivity contribution is -0.265. The smallest absolute Gasteiger partial charge is 0.419 e. The van der Waals surface area contributed by atoms with Gasteiger partial charge < -0.3 is 15.5 Å². The van der Waals surface area contributed by atoms with Crippen molar-refractivity contribution in [3.8, 4) is 5.75 Å². The first-order chi connectivity index (χ1) is 14.6. The lowest BCUT2D eigenvalue weighted by Gasteiger charge is -2.44. The number of benzene rings is 2. The molecule has 9 heteroatoms. The van der Waals surface area contributed by atoms with Crippen LogP contribution in [-0.4, -0.2) is 32.0 Å². The van der Waals surface area contributed by atoms with Gasteiger partial charge in [-0.2, -0.15) is 13.2 Å². The Morgan fingerprint density at radius 3 is 2.65 bits per heavy atom. The fourth-order valence-corrected chi connectivity index (χ4v) is 4.02. The number of rotatable bonds is 2. The summed E-state index contributed by atoms with van der Waals surface area (Å²) in [5, 5.41) is 23.9. The van der Waals surface area contributed by atoms with E-state index < -0.39 is 35.8 Å². The van der Waals surface area contributed by atoms with Crippen LogP contribution < -0.4 is 5.32 Å². The summed E-state index contributed by atoms with van der Waals surface area (Å²) < 4.78 is 57.2. The Bertz CT molecular complexity index is 1210. The highest BCUT2D eigenvalue weighted by Crippen LogP contribution is 2.53. The van der Waals surface area contributed by atoms with Gasteiger partial charge in [0.25, 0.3) is 0 Å². The fraction of sp³-hybridized carbons (Fsp3) is 0.273. The van der Waals surface area contributed by atoms with Crippen molar-refractivity contribution in [3.63, 3.8) is 0 Å².